The fourth-order valence-corrected chi connectivity index (χ4v) is 2.93. The molecule has 0 saturated carbocycles. The van der Waals surface area contributed by atoms with Gasteiger partial charge in [-0.3, -0.25) is 5.10 Å². The average molecular weight is 272 g/mol. The fraction of sp³-hybridized carbons (Fsp3) is 0.286. The zero-order chi connectivity index (χ0) is 13.1. The van der Waals surface area contributed by atoms with Crippen molar-refractivity contribution < 1.29 is 0 Å². The maximum atomic E-state index is 4.41. The lowest BCUT2D eigenvalue weighted by Crippen LogP contribution is -2.04. The van der Waals surface area contributed by atoms with Crippen molar-refractivity contribution in [3.63, 3.8) is 0 Å². The number of pyridine rings is 1. The highest BCUT2D eigenvalue weighted by Crippen LogP contribution is 2.25. The number of aromatic amines is 1. The molecule has 0 unspecified atom stereocenters. The molecule has 0 bridgehead atoms. The highest BCUT2D eigenvalue weighted by atomic mass is 32.1. The molecule has 2 N–H and O–H groups in total. The third-order valence-electron chi connectivity index (χ3n) is 3.23. The molecule has 0 spiro atoms. The Labute approximate surface area is 115 Å². The predicted molar refractivity (Wildman–Crippen MR) is 79.8 cm³/mol. The largest absolute Gasteiger partial charge is 0.370 e. The molecule has 0 radical (unpaired) electrons. The van der Waals surface area contributed by atoms with Gasteiger partial charge in [0.15, 0.2) is 0 Å². The summed E-state index contributed by atoms with van der Waals surface area (Å²) in [5, 5.41) is 13.7. The first-order valence-electron chi connectivity index (χ1n) is 6.39. The lowest BCUT2D eigenvalue weighted by molar-refractivity contribution is 0.855. The second-order valence-electron chi connectivity index (χ2n) is 4.54. The van der Waals surface area contributed by atoms with Crippen molar-refractivity contribution in [2.24, 2.45) is 0 Å². The van der Waals surface area contributed by atoms with Gasteiger partial charge in [0, 0.05) is 28.5 Å². The number of aromatic nitrogens is 3. The molecule has 3 aromatic heterocycles. The minimum absolute atomic E-state index is 0.923. The zero-order valence-corrected chi connectivity index (χ0v) is 11.6. The standard InChI is InChI=1S/C14H16N4S/c1-10-11(9-17-18-10)3-2-6-15-14-12-5-8-19-13(12)4-7-16-14/h4-5,7-9H,2-3,6H2,1H3,(H,15,16)(H,17,18). The number of hydrogen-bond donors (Lipinski definition) is 2. The summed E-state index contributed by atoms with van der Waals surface area (Å²) in [7, 11) is 0. The van der Waals surface area contributed by atoms with Crippen molar-refractivity contribution >= 4 is 27.2 Å². The van der Waals surface area contributed by atoms with Gasteiger partial charge in [-0.2, -0.15) is 5.10 Å². The van der Waals surface area contributed by atoms with Crippen LogP contribution in [0.2, 0.25) is 0 Å². The monoisotopic (exact) mass is 272 g/mol. The summed E-state index contributed by atoms with van der Waals surface area (Å²) < 4.78 is 1.28. The van der Waals surface area contributed by atoms with Crippen molar-refractivity contribution in [2.75, 3.05) is 11.9 Å². The van der Waals surface area contributed by atoms with Crippen LogP contribution in [-0.4, -0.2) is 21.7 Å². The molecule has 0 aromatic carbocycles. The summed E-state index contributed by atoms with van der Waals surface area (Å²) in [6, 6.07) is 4.18. The van der Waals surface area contributed by atoms with Crippen molar-refractivity contribution in [3.8, 4) is 0 Å². The third kappa shape index (κ3) is 2.61. The molecule has 3 heterocycles. The van der Waals surface area contributed by atoms with E-state index in [1.807, 2.05) is 12.4 Å². The van der Waals surface area contributed by atoms with E-state index in [1.165, 1.54) is 15.6 Å². The van der Waals surface area contributed by atoms with E-state index >= 15 is 0 Å². The lowest BCUT2D eigenvalue weighted by Gasteiger charge is -2.06. The van der Waals surface area contributed by atoms with E-state index in [4.69, 9.17) is 0 Å². The van der Waals surface area contributed by atoms with Crippen LogP contribution in [0.15, 0.2) is 29.9 Å². The van der Waals surface area contributed by atoms with Crippen molar-refractivity contribution in [1.29, 1.82) is 0 Å². The molecule has 0 fully saturated rings. The molecule has 0 amide bonds. The highest BCUT2D eigenvalue weighted by Gasteiger charge is 2.03. The molecule has 19 heavy (non-hydrogen) atoms. The van der Waals surface area contributed by atoms with E-state index < -0.39 is 0 Å². The molecule has 0 saturated heterocycles. The Morgan fingerprint density at radius 3 is 3.16 bits per heavy atom. The van der Waals surface area contributed by atoms with E-state index in [9.17, 15) is 0 Å². The number of H-pyrrole nitrogens is 1. The molecular formula is C14H16N4S. The maximum Gasteiger partial charge on any atom is 0.134 e. The molecule has 0 atom stereocenters. The molecule has 3 aromatic rings. The second kappa shape index (κ2) is 5.40. The molecule has 4 nitrogen and oxygen atoms in total. The van der Waals surface area contributed by atoms with E-state index in [0.29, 0.717) is 0 Å². The van der Waals surface area contributed by atoms with Gasteiger partial charge in [-0.15, -0.1) is 11.3 Å². The number of rotatable bonds is 5. The summed E-state index contributed by atoms with van der Waals surface area (Å²) in [6.07, 6.45) is 5.88. The maximum absolute atomic E-state index is 4.41. The minimum atomic E-state index is 0.923. The third-order valence-corrected chi connectivity index (χ3v) is 4.11. The quantitative estimate of drug-likeness (QED) is 0.700. The van der Waals surface area contributed by atoms with Crippen molar-refractivity contribution in [1.82, 2.24) is 15.2 Å². The molecule has 0 aliphatic rings. The second-order valence-corrected chi connectivity index (χ2v) is 5.49. The Balaban J connectivity index is 1.58. The first kappa shape index (κ1) is 12.2. The number of nitrogens with zero attached hydrogens (tertiary/aromatic N) is 2. The highest BCUT2D eigenvalue weighted by molar-refractivity contribution is 7.17. The number of thiophene rings is 1. The van der Waals surface area contributed by atoms with Crippen LogP contribution in [0.1, 0.15) is 17.7 Å². The van der Waals surface area contributed by atoms with Gasteiger partial charge in [-0.1, -0.05) is 0 Å². The topological polar surface area (TPSA) is 53.6 Å². The molecule has 5 heteroatoms. The van der Waals surface area contributed by atoms with E-state index in [0.717, 1.165) is 30.9 Å². The van der Waals surface area contributed by atoms with Crippen LogP contribution in [0, 0.1) is 6.92 Å². The van der Waals surface area contributed by atoms with Gasteiger partial charge in [0.25, 0.3) is 0 Å². The van der Waals surface area contributed by atoms with Crippen LogP contribution in [0.4, 0.5) is 5.82 Å². The van der Waals surface area contributed by atoms with E-state index in [-0.39, 0.29) is 0 Å². The zero-order valence-electron chi connectivity index (χ0n) is 10.8. The number of hydrogen-bond acceptors (Lipinski definition) is 4. The van der Waals surface area contributed by atoms with Gasteiger partial charge in [0.2, 0.25) is 0 Å². The molecular weight excluding hydrogens is 256 g/mol. The van der Waals surface area contributed by atoms with Gasteiger partial charge >= 0.3 is 0 Å². The van der Waals surface area contributed by atoms with Crippen LogP contribution in [0.25, 0.3) is 10.1 Å². The van der Waals surface area contributed by atoms with E-state index in [2.05, 4.69) is 44.9 Å². The van der Waals surface area contributed by atoms with Gasteiger partial charge in [0.1, 0.15) is 5.82 Å². The van der Waals surface area contributed by atoms with Crippen LogP contribution >= 0.6 is 11.3 Å². The Morgan fingerprint density at radius 2 is 2.32 bits per heavy atom. The summed E-state index contributed by atoms with van der Waals surface area (Å²) in [6.45, 7) is 2.98. The minimum Gasteiger partial charge on any atom is -0.370 e. The number of aryl methyl sites for hydroxylation is 2. The molecule has 0 aliphatic heterocycles. The SMILES string of the molecule is Cc1[nH]ncc1CCCNc1nccc2sccc12. The summed E-state index contributed by atoms with van der Waals surface area (Å²) in [4.78, 5) is 4.41. The Hall–Kier alpha value is -1.88. The van der Waals surface area contributed by atoms with Crippen LogP contribution in [0.3, 0.4) is 0 Å². The Kier molecular flexibility index (Phi) is 3.46. The smallest absolute Gasteiger partial charge is 0.134 e. The van der Waals surface area contributed by atoms with Gasteiger partial charge < -0.3 is 5.32 Å². The molecule has 0 aliphatic carbocycles. The first-order valence-corrected chi connectivity index (χ1v) is 7.27. The normalized spacial score (nSPS) is 11.0. The van der Waals surface area contributed by atoms with Gasteiger partial charge in [0.05, 0.1) is 6.20 Å². The number of fused-ring (bicyclic) bond motifs is 1. The fourth-order valence-electron chi connectivity index (χ4n) is 2.15. The number of anilines is 1. The van der Waals surface area contributed by atoms with Crippen molar-refractivity contribution in [2.45, 2.75) is 19.8 Å². The van der Waals surface area contributed by atoms with Gasteiger partial charge in [-0.05, 0) is 42.8 Å². The first-order chi connectivity index (χ1) is 9.34. The Bertz CT molecular complexity index is 671. The van der Waals surface area contributed by atoms with E-state index in [1.54, 1.807) is 11.3 Å². The van der Waals surface area contributed by atoms with Gasteiger partial charge in [-0.25, -0.2) is 4.98 Å². The average Bonchev–Trinajstić information content (AvgIpc) is 3.04. The summed E-state index contributed by atoms with van der Waals surface area (Å²) in [5.41, 5.74) is 2.46. The van der Waals surface area contributed by atoms with Crippen LogP contribution in [0.5, 0.6) is 0 Å². The summed E-state index contributed by atoms with van der Waals surface area (Å²) >= 11 is 1.75. The van der Waals surface area contributed by atoms with Crippen LogP contribution < -0.4 is 5.32 Å². The molecule has 98 valence electrons. The molecule has 3 rings (SSSR count). The van der Waals surface area contributed by atoms with Crippen molar-refractivity contribution in [3.05, 3.63) is 41.2 Å². The predicted octanol–water partition coefficient (Wildman–Crippen LogP) is 3.37. The number of nitrogens with one attached hydrogen (secondary N) is 2. The van der Waals surface area contributed by atoms with Crippen LogP contribution in [-0.2, 0) is 6.42 Å². The lowest BCUT2D eigenvalue weighted by atomic mass is 10.1. The summed E-state index contributed by atoms with van der Waals surface area (Å²) in [5.74, 6) is 0.989. The Morgan fingerprint density at radius 1 is 1.37 bits per heavy atom.